The first-order valence-corrected chi connectivity index (χ1v) is 6.23. The van der Waals surface area contributed by atoms with Crippen molar-refractivity contribution < 1.29 is 9.13 Å². The molecule has 0 spiro atoms. The molecule has 0 aromatic heterocycles. The molecule has 0 saturated carbocycles. The van der Waals surface area contributed by atoms with Crippen molar-refractivity contribution in [2.45, 2.75) is 20.4 Å². The highest BCUT2D eigenvalue weighted by molar-refractivity contribution is 5.58. The van der Waals surface area contributed by atoms with E-state index in [1.54, 1.807) is 26.2 Å². The molecular weight excluding hydrogens is 241 g/mol. The standard InChI is InChI=1S/C16H18FNO/c1-11-4-7-16(19-3)15(8-11)18-10-13-6-5-12(2)14(17)9-13/h4-9,18H,10H2,1-3H3. The molecule has 2 aromatic carbocycles. The van der Waals surface area contributed by atoms with Crippen molar-refractivity contribution in [3.8, 4) is 5.75 Å². The number of aryl methyl sites for hydroxylation is 2. The normalized spacial score (nSPS) is 10.3. The summed E-state index contributed by atoms with van der Waals surface area (Å²) in [6, 6.07) is 11.2. The topological polar surface area (TPSA) is 21.3 Å². The van der Waals surface area contributed by atoms with Crippen LogP contribution in [0.25, 0.3) is 0 Å². The first-order valence-electron chi connectivity index (χ1n) is 6.23. The first kappa shape index (κ1) is 13.4. The van der Waals surface area contributed by atoms with E-state index in [4.69, 9.17) is 4.74 Å². The number of hydrogen-bond donors (Lipinski definition) is 1. The van der Waals surface area contributed by atoms with Gasteiger partial charge in [0.25, 0.3) is 0 Å². The third-order valence-electron chi connectivity index (χ3n) is 3.07. The summed E-state index contributed by atoms with van der Waals surface area (Å²) in [6.45, 7) is 4.35. The van der Waals surface area contributed by atoms with Gasteiger partial charge in [-0.1, -0.05) is 18.2 Å². The molecule has 0 saturated heterocycles. The molecular formula is C16H18FNO. The van der Waals surface area contributed by atoms with Gasteiger partial charge >= 0.3 is 0 Å². The maximum Gasteiger partial charge on any atom is 0.141 e. The monoisotopic (exact) mass is 259 g/mol. The molecule has 0 unspecified atom stereocenters. The molecule has 0 radical (unpaired) electrons. The lowest BCUT2D eigenvalue weighted by atomic mass is 10.1. The number of anilines is 1. The van der Waals surface area contributed by atoms with Gasteiger partial charge < -0.3 is 10.1 Å². The Kier molecular flexibility index (Phi) is 4.05. The van der Waals surface area contributed by atoms with Gasteiger partial charge in [0, 0.05) is 6.54 Å². The number of halogens is 1. The minimum atomic E-state index is -0.171. The lowest BCUT2D eigenvalue weighted by Crippen LogP contribution is -2.02. The van der Waals surface area contributed by atoms with Crippen LogP contribution in [-0.2, 0) is 6.54 Å². The van der Waals surface area contributed by atoms with E-state index < -0.39 is 0 Å². The Morgan fingerprint density at radius 3 is 2.58 bits per heavy atom. The molecule has 0 bridgehead atoms. The van der Waals surface area contributed by atoms with E-state index in [0.717, 1.165) is 22.6 Å². The van der Waals surface area contributed by atoms with Gasteiger partial charge in [0.15, 0.2) is 0 Å². The van der Waals surface area contributed by atoms with Gasteiger partial charge in [0.2, 0.25) is 0 Å². The molecule has 3 heteroatoms. The largest absolute Gasteiger partial charge is 0.495 e. The van der Waals surface area contributed by atoms with Crippen LogP contribution in [0.1, 0.15) is 16.7 Å². The fraction of sp³-hybridized carbons (Fsp3) is 0.250. The smallest absolute Gasteiger partial charge is 0.141 e. The van der Waals surface area contributed by atoms with Gasteiger partial charge in [-0.05, 0) is 48.7 Å². The highest BCUT2D eigenvalue weighted by Crippen LogP contribution is 2.25. The third kappa shape index (κ3) is 3.25. The van der Waals surface area contributed by atoms with Crippen LogP contribution < -0.4 is 10.1 Å². The number of ether oxygens (including phenoxy) is 1. The molecule has 2 rings (SSSR count). The number of benzene rings is 2. The molecule has 0 amide bonds. The Hall–Kier alpha value is -2.03. The van der Waals surface area contributed by atoms with Crippen LogP contribution in [0.4, 0.5) is 10.1 Å². The van der Waals surface area contributed by atoms with Gasteiger partial charge in [-0.25, -0.2) is 4.39 Å². The predicted octanol–water partition coefficient (Wildman–Crippen LogP) is 4.06. The summed E-state index contributed by atoms with van der Waals surface area (Å²) < 4.78 is 18.8. The van der Waals surface area contributed by atoms with E-state index in [2.05, 4.69) is 5.32 Å². The average molecular weight is 259 g/mol. The zero-order valence-electron chi connectivity index (χ0n) is 11.5. The Morgan fingerprint density at radius 1 is 1.11 bits per heavy atom. The van der Waals surface area contributed by atoms with Gasteiger partial charge in [0.1, 0.15) is 11.6 Å². The maximum atomic E-state index is 13.5. The van der Waals surface area contributed by atoms with Crippen LogP contribution in [0, 0.1) is 19.7 Å². The zero-order valence-corrected chi connectivity index (χ0v) is 11.5. The van der Waals surface area contributed by atoms with Crippen LogP contribution in [0.5, 0.6) is 5.75 Å². The minimum absolute atomic E-state index is 0.171. The fourth-order valence-electron chi connectivity index (χ4n) is 1.90. The summed E-state index contributed by atoms with van der Waals surface area (Å²) >= 11 is 0. The van der Waals surface area contributed by atoms with E-state index >= 15 is 0 Å². The predicted molar refractivity (Wildman–Crippen MR) is 76.2 cm³/mol. The summed E-state index contributed by atoms with van der Waals surface area (Å²) in [7, 11) is 1.64. The second-order valence-corrected chi connectivity index (χ2v) is 4.64. The Bertz CT molecular complexity index is 581. The lowest BCUT2D eigenvalue weighted by Gasteiger charge is -2.12. The summed E-state index contributed by atoms with van der Waals surface area (Å²) in [5, 5.41) is 3.28. The van der Waals surface area contributed by atoms with Crippen molar-refractivity contribution in [1.82, 2.24) is 0 Å². The van der Waals surface area contributed by atoms with Crippen LogP contribution in [-0.4, -0.2) is 7.11 Å². The number of nitrogens with one attached hydrogen (secondary N) is 1. The SMILES string of the molecule is COc1ccc(C)cc1NCc1ccc(C)c(F)c1. The second-order valence-electron chi connectivity index (χ2n) is 4.64. The molecule has 2 aromatic rings. The zero-order chi connectivity index (χ0) is 13.8. The van der Waals surface area contributed by atoms with Gasteiger partial charge in [-0.3, -0.25) is 0 Å². The highest BCUT2D eigenvalue weighted by Gasteiger charge is 2.04. The van der Waals surface area contributed by atoms with Crippen molar-refractivity contribution in [2.75, 3.05) is 12.4 Å². The van der Waals surface area contributed by atoms with Gasteiger partial charge in [-0.2, -0.15) is 0 Å². The fourth-order valence-corrected chi connectivity index (χ4v) is 1.90. The van der Waals surface area contributed by atoms with Crippen LogP contribution >= 0.6 is 0 Å². The summed E-state index contributed by atoms with van der Waals surface area (Å²) in [6.07, 6.45) is 0. The minimum Gasteiger partial charge on any atom is -0.495 e. The summed E-state index contributed by atoms with van der Waals surface area (Å²) in [5.41, 5.74) is 3.64. The lowest BCUT2D eigenvalue weighted by molar-refractivity contribution is 0.416. The summed E-state index contributed by atoms with van der Waals surface area (Å²) in [5.74, 6) is 0.619. The second kappa shape index (κ2) is 5.74. The molecule has 2 nitrogen and oxygen atoms in total. The van der Waals surface area contributed by atoms with E-state index in [1.807, 2.05) is 31.2 Å². The maximum absolute atomic E-state index is 13.5. The van der Waals surface area contributed by atoms with Gasteiger partial charge in [-0.15, -0.1) is 0 Å². The average Bonchev–Trinajstić information content (AvgIpc) is 2.40. The van der Waals surface area contributed by atoms with Crippen molar-refractivity contribution in [3.05, 3.63) is 58.9 Å². The van der Waals surface area contributed by atoms with Crippen molar-refractivity contribution in [3.63, 3.8) is 0 Å². The molecule has 19 heavy (non-hydrogen) atoms. The molecule has 0 aliphatic carbocycles. The van der Waals surface area contributed by atoms with Crippen molar-refractivity contribution >= 4 is 5.69 Å². The van der Waals surface area contributed by atoms with E-state index in [1.165, 1.54) is 0 Å². The van der Waals surface area contributed by atoms with E-state index in [0.29, 0.717) is 12.1 Å². The third-order valence-corrected chi connectivity index (χ3v) is 3.07. The summed E-state index contributed by atoms with van der Waals surface area (Å²) in [4.78, 5) is 0. The molecule has 0 atom stereocenters. The van der Waals surface area contributed by atoms with Crippen LogP contribution in [0.15, 0.2) is 36.4 Å². The Labute approximate surface area is 113 Å². The molecule has 100 valence electrons. The molecule has 0 heterocycles. The molecule has 1 N–H and O–H groups in total. The van der Waals surface area contributed by atoms with Crippen LogP contribution in [0.2, 0.25) is 0 Å². The van der Waals surface area contributed by atoms with Crippen LogP contribution in [0.3, 0.4) is 0 Å². The molecule has 0 aliphatic rings. The first-order chi connectivity index (χ1) is 9.10. The molecule has 0 aliphatic heterocycles. The van der Waals surface area contributed by atoms with E-state index in [-0.39, 0.29) is 5.82 Å². The van der Waals surface area contributed by atoms with Gasteiger partial charge in [0.05, 0.1) is 12.8 Å². The number of methoxy groups -OCH3 is 1. The highest BCUT2D eigenvalue weighted by atomic mass is 19.1. The Balaban J connectivity index is 2.13. The number of hydrogen-bond acceptors (Lipinski definition) is 2. The quantitative estimate of drug-likeness (QED) is 0.894. The number of rotatable bonds is 4. The van der Waals surface area contributed by atoms with Crippen molar-refractivity contribution in [1.29, 1.82) is 0 Å². The molecule has 0 fully saturated rings. The van der Waals surface area contributed by atoms with E-state index in [9.17, 15) is 4.39 Å². The van der Waals surface area contributed by atoms with Crippen molar-refractivity contribution in [2.24, 2.45) is 0 Å². The Morgan fingerprint density at radius 2 is 1.89 bits per heavy atom.